The first-order valence-electron chi connectivity index (χ1n) is 9.69. The molecule has 0 saturated carbocycles. The fourth-order valence-corrected chi connectivity index (χ4v) is 4.06. The molecule has 0 spiro atoms. The predicted octanol–water partition coefficient (Wildman–Crippen LogP) is 2.84. The second kappa shape index (κ2) is 7.46. The molecular weight excluding hydrogens is 354 g/mol. The van der Waals surface area contributed by atoms with Crippen LogP contribution in [0.5, 0.6) is 0 Å². The van der Waals surface area contributed by atoms with E-state index in [1.807, 2.05) is 31.2 Å². The van der Waals surface area contributed by atoms with Gasteiger partial charge in [-0.05, 0) is 43.0 Å². The molecule has 6 heteroatoms. The minimum absolute atomic E-state index is 0.120. The highest BCUT2D eigenvalue weighted by atomic mass is 16.2. The van der Waals surface area contributed by atoms with Gasteiger partial charge in [-0.3, -0.25) is 14.4 Å². The highest BCUT2D eigenvalue weighted by Gasteiger charge is 2.42. The van der Waals surface area contributed by atoms with Crippen LogP contribution in [0.25, 0.3) is 0 Å². The van der Waals surface area contributed by atoms with Crippen LogP contribution in [0.15, 0.2) is 48.5 Å². The molecule has 0 radical (unpaired) electrons. The Kier molecular flexibility index (Phi) is 4.86. The van der Waals surface area contributed by atoms with E-state index in [-0.39, 0.29) is 24.3 Å². The van der Waals surface area contributed by atoms with Crippen molar-refractivity contribution in [3.8, 4) is 0 Å². The van der Waals surface area contributed by atoms with E-state index >= 15 is 0 Å². The van der Waals surface area contributed by atoms with Crippen LogP contribution in [-0.2, 0) is 16.0 Å². The first kappa shape index (κ1) is 18.2. The minimum Gasteiger partial charge on any atom is -0.327 e. The maximum atomic E-state index is 13.2. The Bertz CT molecular complexity index is 940. The van der Waals surface area contributed by atoms with Gasteiger partial charge in [0.2, 0.25) is 11.8 Å². The molecule has 0 bridgehead atoms. The summed E-state index contributed by atoms with van der Waals surface area (Å²) in [5.41, 5.74) is 2.77. The number of amides is 3. The lowest BCUT2D eigenvalue weighted by atomic mass is 10.1. The topological polar surface area (TPSA) is 69.7 Å². The molecule has 2 aliphatic heterocycles. The third-order valence-corrected chi connectivity index (χ3v) is 5.46. The summed E-state index contributed by atoms with van der Waals surface area (Å²) in [4.78, 5) is 42.0. The summed E-state index contributed by atoms with van der Waals surface area (Å²) < 4.78 is 0. The lowest BCUT2D eigenvalue weighted by Crippen LogP contribution is -2.47. The van der Waals surface area contributed by atoms with Crippen LogP contribution in [0, 0.1) is 0 Å². The van der Waals surface area contributed by atoms with E-state index in [1.165, 1.54) is 4.90 Å². The van der Waals surface area contributed by atoms with E-state index in [2.05, 4.69) is 5.32 Å². The van der Waals surface area contributed by atoms with E-state index in [4.69, 9.17) is 0 Å². The number of carbonyl (C=O) groups is 3. The monoisotopic (exact) mass is 377 g/mol. The molecule has 1 saturated heterocycles. The number of anilines is 2. The molecule has 1 N–H and O–H groups in total. The van der Waals surface area contributed by atoms with Crippen LogP contribution >= 0.6 is 0 Å². The zero-order chi connectivity index (χ0) is 19.7. The molecule has 2 aromatic rings. The molecule has 1 fully saturated rings. The summed E-state index contributed by atoms with van der Waals surface area (Å²) in [7, 11) is 0. The van der Waals surface area contributed by atoms with Gasteiger partial charge in [-0.25, -0.2) is 0 Å². The van der Waals surface area contributed by atoms with Crippen LogP contribution in [0.2, 0.25) is 0 Å². The van der Waals surface area contributed by atoms with Gasteiger partial charge in [0.1, 0.15) is 12.6 Å². The molecule has 2 heterocycles. The van der Waals surface area contributed by atoms with Crippen molar-refractivity contribution >= 4 is 29.1 Å². The van der Waals surface area contributed by atoms with Gasteiger partial charge in [-0.1, -0.05) is 37.3 Å². The zero-order valence-electron chi connectivity index (χ0n) is 15.9. The van der Waals surface area contributed by atoms with Crippen molar-refractivity contribution in [2.24, 2.45) is 0 Å². The third kappa shape index (κ3) is 3.15. The van der Waals surface area contributed by atoms with Gasteiger partial charge in [0, 0.05) is 12.2 Å². The van der Waals surface area contributed by atoms with E-state index in [9.17, 15) is 14.4 Å². The Balaban J connectivity index is 1.64. The number of hydrogen-bond donors (Lipinski definition) is 1. The molecule has 2 aliphatic rings. The first-order chi connectivity index (χ1) is 13.6. The summed E-state index contributed by atoms with van der Waals surface area (Å²) in [6, 6.07) is 14.2. The maximum absolute atomic E-state index is 13.2. The van der Waals surface area contributed by atoms with Crippen LogP contribution < -0.4 is 10.2 Å². The van der Waals surface area contributed by atoms with Crippen LogP contribution in [0.4, 0.5) is 11.4 Å². The summed E-state index contributed by atoms with van der Waals surface area (Å²) in [5, 5.41) is 2.92. The van der Waals surface area contributed by atoms with Crippen LogP contribution in [0.1, 0.15) is 35.7 Å². The average Bonchev–Trinajstić information content (AvgIpc) is 3.19. The molecule has 4 rings (SSSR count). The minimum atomic E-state index is -0.490. The van der Waals surface area contributed by atoms with Crippen molar-refractivity contribution in [1.29, 1.82) is 0 Å². The highest BCUT2D eigenvalue weighted by molar-refractivity contribution is 6.13. The van der Waals surface area contributed by atoms with Crippen LogP contribution in [0.3, 0.4) is 0 Å². The van der Waals surface area contributed by atoms with Gasteiger partial charge in [0.05, 0.1) is 11.3 Å². The summed E-state index contributed by atoms with van der Waals surface area (Å²) in [6.07, 6.45) is 2.23. The number of rotatable bonds is 4. The Morgan fingerprint density at radius 2 is 1.86 bits per heavy atom. The Labute approximate surface area is 164 Å². The average molecular weight is 377 g/mol. The number of nitrogens with one attached hydrogen (secondary N) is 1. The predicted molar refractivity (Wildman–Crippen MR) is 107 cm³/mol. The third-order valence-electron chi connectivity index (χ3n) is 5.46. The van der Waals surface area contributed by atoms with Crippen molar-refractivity contribution in [1.82, 2.24) is 4.90 Å². The van der Waals surface area contributed by atoms with Gasteiger partial charge in [0.25, 0.3) is 5.91 Å². The van der Waals surface area contributed by atoms with Crippen molar-refractivity contribution in [2.45, 2.75) is 32.2 Å². The molecule has 144 valence electrons. The van der Waals surface area contributed by atoms with Crippen molar-refractivity contribution in [3.63, 3.8) is 0 Å². The SMILES string of the molecule is CCc1ccccc1NC(=O)CN1C(=O)[C@H]2CCCN2C(=O)c2ccccc21. The van der Waals surface area contributed by atoms with Gasteiger partial charge in [-0.2, -0.15) is 0 Å². The van der Waals surface area contributed by atoms with E-state index in [0.717, 1.165) is 24.1 Å². The second-order valence-corrected chi connectivity index (χ2v) is 7.16. The fraction of sp³-hybridized carbons (Fsp3) is 0.318. The van der Waals surface area contributed by atoms with Gasteiger partial charge >= 0.3 is 0 Å². The summed E-state index contributed by atoms with van der Waals surface area (Å²) in [5.74, 6) is -0.594. The highest BCUT2D eigenvalue weighted by Crippen LogP contribution is 2.32. The maximum Gasteiger partial charge on any atom is 0.256 e. The van der Waals surface area contributed by atoms with Crippen LogP contribution in [-0.4, -0.2) is 41.8 Å². The quantitative estimate of drug-likeness (QED) is 0.891. The molecule has 0 aliphatic carbocycles. The Hall–Kier alpha value is -3.15. The lowest BCUT2D eigenvalue weighted by molar-refractivity contribution is -0.124. The summed E-state index contributed by atoms with van der Waals surface area (Å²) in [6.45, 7) is 2.48. The number of aryl methyl sites for hydroxylation is 1. The molecule has 2 aromatic carbocycles. The largest absolute Gasteiger partial charge is 0.327 e. The van der Waals surface area contributed by atoms with Gasteiger partial charge < -0.3 is 15.1 Å². The number of fused-ring (bicyclic) bond motifs is 2. The number of para-hydroxylation sites is 2. The number of benzene rings is 2. The Morgan fingerprint density at radius 1 is 1.11 bits per heavy atom. The van der Waals surface area contributed by atoms with Crippen molar-refractivity contribution in [3.05, 3.63) is 59.7 Å². The zero-order valence-corrected chi connectivity index (χ0v) is 15.9. The standard InChI is InChI=1S/C22H23N3O3/c1-2-15-8-3-5-10-17(15)23-20(26)14-25-18-11-6-4-9-16(18)21(27)24-13-7-12-19(24)22(25)28/h3-6,8-11,19H,2,7,12-14H2,1H3,(H,23,26)/t19-/m1/s1. The van der Waals surface area contributed by atoms with E-state index < -0.39 is 6.04 Å². The molecule has 3 amide bonds. The molecular formula is C22H23N3O3. The second-order valence-electron chi connectivity index (χ2n) is 7.16. The van der Waals surface area contributed by atoms with E-state index in [1.54, 1.807) is 29.2 Å². The molecule has 0 unspecified atom stereocenters. The van der Waals surface area contributed by atoms with Gasteiger partial charge in [0.15, 0.2) is 0 Å². The number of carbonyl (C=O) groups excluding carboxylic acids is 3. The lowest BCUT2D eigenvalue weighted by Gasteiger charge is -2.25. The number of nitrogens with zero attached hydrogens (tertiary/aromatic N) is 2. The van der Waals surface area contributed by atoms with Crippen molar-refractivity contribution < 1.29 is 14.4 Å². The molecule has 1 atom stereocenters. The smallest absolute Gasteiger partial charge is 0.256 e. The van der Waals surface area contributed by atoms with Crippen molar-refractivity contribution in [2.75, 3.05) is 23.3 Å². The Morgan fingerprint density at radius 3 is 2.68 bits per heavy atom. The fourth-order valence-electron chi connectivity index (χ4n) is 4.06. The number of hydrogen-bond acceptors (Lipinski definition) is 3. The molecule has 28 heavy (non-hydrogen) atoms. The normalized spacial score (nSPS) is 18.5. The summed E-state index contributed by atoms with van der Waals surface area (Å²) >= 11 is 0. The molecule has 0 aromatic heterocycles. The molecule has 6 nitrogen and oxygen atoms in total. The first-order valence-corrected chi connectivity index (χ1v) is 9.69. The van der Waals surface area contributed by atoms with E-state index in [0.29, 0.717) is 24.2 Å². The van der Waals surface area contributed by atoms with Gasteiger partial charge in [-0.15, -0.1) is 0 Å².